The highest BCUT2D eigenvalue weighted by Crippen LogP contribution is 2.49. The maximum absolute atomic E-state index is 14.8. The second-order valence-corrected chi connectivity index (χ2v) is 55.6. The maximum Gasteiger partial charge on any atom is 0.313 e. The summed E-state index contributed by atoms with van der Waals surface area (Å²) in [7, 11) is -7.03. The van der Waals surface area contributed by atoms with E-state index in [0.717, 1.165) is 0 Å². The highest BCUT2D eigenvalue weighted by atomic mass is 28.4. The molecule has 0 saturated carbocycles. The summed E-state index contributed by atoms with van der Waals surface area (Å²) in [6.07, 6.45) is 19.7. The number of hydrogen-bond acceptors (Lipinski definition) is 18. The molecule has 20 nitrogen and oxygen atoms in total. The number of azide groups is 1. The predicted molar refractivity (Wildman–Crippen MR) is 419 cm³/mol. The first-order valence-electron chi connectivity index (χ1n) is 37.9. The molecule has 5 aliphatic heterocycles. The van der Waals surface area contributed by atoms with Crippen LogP contribution in [0.4, 0.5) is 0 Å². The van der Waals surface area contributed by atoms with Gasteiger partial charge in [0.15, 0.2) is 56.9 Å². The number of methoxy groups -OCH3 is 2. The van der Waals surface area contributed by atoms with Crippen molar-refractivity contribution in [3.05, 3.63) is 95.5 Å². The number of nitrogens with zero attached hydrogens (tertiary/aromatic N) is 3. The molecule has 0 radical (unpaired) electrons. The minimum absolute atomic E-state index is 0.00736. The van der Waals surface area contributed by atoms with Gasteiger partial charge in [-0.3, -0.25) is 9.59 Å². The first-order chi connectivity index (χ1) is 47.2. The molecule has 4 saturated heterocycles. The third-order valence-corrected chi connectivity index (χ3v) is 41.2. The number of fused-ring (bicyclic) bond motifs is 6. The molecule has 0 aromatic carbocycles. The van der Waals surface area contributed by atoms with Gasteiger partial charge in [-0.1, -0.05) is 187 Å². The minimum atomic E-state index is -2.71. The zero-order chi connectivity index (χ0) is 77.9. The van der Waals surface area contributed by atoms with Crippen LogP contribution in [-0.2, 0) is 74.7 Å². The number of cyclic esters (lactones) is 1. The number of ether oxygens (including phenoxy) is 10. The number of carbonyl (C=O) groups excluding carboxylic acids is 2. The van der Waals surface area contributed by atoms with Crippen molar-refractivity contribution in [2.45, 2.75) is 371 Å². The van der Waals surface area contributed by atoms with Crippen LogP contribution in [0.3, 0.4) is 0 Å². The average molecular weight is 1520 g/mol. The molecule has 1 N–H and O–H groups in total. The number of hydrogen-bond donors (Lipinski definition) is 1. The van der Waals surface area contributed by atoms with Crippen molar-refractivity contribution in [3.8, 4) is 0 Å². The van der Waals surface area contributed by atoms with Crippen LogP contribution in [0.2, 0.25) is 72.5 Å². The average Bonchev–Trinajstić information content (AvgIpc) is 0.761. The van der Waals surface area contributed by atoms with E-state index >= 15 is 0 Å². The van der Waals surface area contributed by atoms with Crippen LogP contribution in [0.15, 0.2) is 90.2 Å². The van der Waals surface area contributed by atoms with Crippen LogP contribution in [0.25, 0.3) is 10.4 Å². The van der Waals surface area contributed by atoms with E-state index in [1.54, 1.807) is 7.11 Å². The lowest BCUT2D eigenvalue weighted by molar-refractivity contribution is -0.348. The second kappa shape index (κ2) is 36.5. The fraction of sp³-hybridized carbons (Fsp3) is 0.797. The van der Waals surface area contributed by atoms with Gasteiger partial charge in [0, 0.05) is 50.0 Å². The zero-order valence-corrected chi connectivity index (χ0v) is 73.0. The summed E-state index contributed by atoms with van der Waals surface area (Å²) in [5, 5.41) is 15.8. The summed E-state index contributed by atoms with van der Waals surface area (Å²) in [5.41, 5.74) is 10.0. The zero-order valence-electron chi connectivity index (χ0n) is 69.0. The van der Waals surface area contributed by atoms with Gasteiger partial charge < -0.3 is 70.2 Å². The monoisotopic (exact) mass is 1510 g/mol. The van der Waals surface area contributed by atoms with Crippen LogP contribution in [0.5, 0.6) is 0 Å². The molecular formula is C79H139N3O17Si4. The van der Waals surface area contributed by atoms with Crippen molar-refractivity contribution >= 4 is 45.2 Å². The first-order valence-corrected chi connectivity index (χ1v) is 49.5. The molecule has 0 aromatic rings. The molecule has 588 valence electrons. The van der Waals surface area contributed by atoms with E-state index in [-0.39, 0.29) is 75.8 Å². The molecule has 103 heavy (non-hydrogen) atoms. The van der Waals surface area contributed by atoms with Gasteiger partial charge >= 0.3 is 11.9 Å². The Hall–Kier alpha value is -3.22. The standard InChI is InChI=1S/C79H139N3O17Si4/c1-53-43-41-39-37-35-33-31-32-34-36-38-40-42-44-57(90-72-68(84)67(81-82-80)70(56(4)89-72)99-103(29,30)76(14,15)16)48-63-66(71(85)86-21)64(97-101(25,26)74(8,9)10)52-79(87-22,95-63)51-60-49-62(94-78(19,20)93-60)61(96-100(23,24)73(5,6)7)46-45-58-47-59(92-77(17,18)91-58)50-65(83)88-55(3)54(2)69(53)98-102(27,28)75(11,12)13/h31-44,53-64,66-70,72,84H,45-52H2,1-30H3/b32-31+,35-33+,36-34+,39-37+,40-38+,43-41+,44-42+/t53-,54-,55-,56+,57-,58+,59+,60-,61+,62+,63-,64-,66-,67+,68-,69+,70+,72-,79+/m0/s1. The van der Waals surface area contributed by atoms with E-state index in [9.17, 15) is 20.2 Å². The van der Waals surface area contributed by atoms with E-state index in [1.165, 1.54) is 7.11 Å². The predicted octanol–water partition coefficient (Wildman–Crippen LogP) is 18.5. The quantitative estimate of drug-likeness (QED) is 0.0593. The lowest BCUT2D eigenvalue weighted by Gasteiger charge is -2.52. The van der Waals surface area contributed by atoms with Crippen molar-refractivity contribution in [1.29, 1.82) is 0 Å². The van der Waals surface area contributed by atoms with Gasteiger partial charge in [0.1, 0.15) is 18.1 Å². The number of allylic oxidation sites excluding steroid dienone is 12. The minimum Gasteiger partial charge on any atom is -0.469 e. The lowest BCUT2D eigenvalue weighted by Crippen LogP contribution is -2.62. The van der Waals surface area contributed by atoms with Crippen molar-refractivity contribution in [1.82, 2.24) is 0 Å². The smallest absolute Gasteiger partial charge is 0.313 e. The van der Waals surface area contributed by atoms with Crippen LogP contribution >= 0.6 is 0 Å². The number of aliphatic hydroxyl groups is 1. The molecule has 5 heterocycles. The molecule has 0 unspecified atom stereocenters. The molecular weight excluding hydrogens is 1380 g/mol. The Morgan fingerprint density at radius 2 is 1.03 bits per heavy atom. The van der Waals surface area contributed by atoms with Gasteiger partial charge in [-0.15, -0.1) is 0 Å². The Kier molecular flexibility index (Phi) is 32.1. The van der Waals surface area contributed by atoms with E-state index in [4.69, 9.17) is 65.1 Å². The van der Waals surface area contributed by atoms with Crippen molar-refractivity contribution < 1.29 is 79.8 Å². The van der Waals surface area contributed by atoms with Gasteiger partial charge in [-0.25, -0.2) is 0 Å². The summed E-state index contributed by atoms with van der Waals surface area (Å²) in [5.74, 6) is -5.57. The van der Waals surface area contributed by atoms with E-state index in [2.05, 4.69) is 165 Å². The lowest BCUT2D eigenvalue weighted by atomic mass is 9.82. The molecule has 6 bridgehead atoms. The van der Waals surface area contributed by atoms with Crippen LogP contribution in [0.1, 0.15) is 190 Å². The van der Waals surface area contributed by atoms with E-state index < -0.39 is 142 Å². The van der Waals surface area contributed by atoms with Gasteiger partial charge in [0.25, 0.3) is 0 Å². The van der Waals surface area contributed by atoms with Crippen LogP contribution in [-0.4, -0.2) is 174 Å². The highest BCUT2D eigenvalue weighted by Gasteiger charge is 2.58. The number of esters is 2. The summed E-state index contributed by atoms with van der Waals surface area (Å²) in [4.78, 5) is 32.3. The van der Waals surface area contributed by atoms with Gasteiger partial charge in [-0.05, 0) is 138 Å². The number of carbonyl (C=O) groups is 2. The Bertz CT molecular complexity index is 3000. The Morgan fingerprint density at radius 1 is 0.563 bits per heavy atom. The molecule has 0 spiro atoms. The fourth-order valence-corrected chi connectivity index (χ4v) is 18.6. The van der Waals surface area contributed by atoms with Gasteiger partial charge in [-0.2, -0.15) is 0 Å². The molecule has 0 aliphatic carbocycles. The molecule has 24 heteroatoms. The molecule has 5 aliphatic rings. The normalized spacial score (nSPS) is 36.5. The van der Waals surface area contributed by atoms with Crippen LogP contribution < -0.4 is 0 Å². The summed E-state index contributed by atoms with van der Waals surface area (Å²) in [6.45, 7) is 59.6. The second-order valence-electron chi connectivity index (χ2n) is 36.6. The molecule has 19 atom stereocenters. The first kappa shape index (κ1) is 90.4. The van der Waals surface area contributed by atoms with E-state index in [0.29, 0.717) is 25.7 Å². The van der Waals surface area contributed by atoms with Gasteiger partial charge in [0.05, 0.1) is 86.7 Å². The number of rotatable bonds is 13. The fourth-order valence-electron chi connectivity index (χ4n) is 13.1. The molecule has 0 aromatic heterocycles. The maximum atomic E-state index is 14.8. The summed E-state index contributed by atoms with van der Waals surface area (Å²) < 4.78 is 96.2. The topological polar surface area (TPSA) is 232 Å². The summed E-state index contributed by atoms with van der Waals surface area (Å²) >= 11 is 0. The third kappa shape index (κ3) is 25.7. The third-order valence-electron chi connectivity index (χ3n) is 23.2. The Balaban J connectivity index is 1.68. The van der Waals surface area contributed by atoms with E-state index in [1.807, 2.05) is 121 Å². The highest BCUT2D eigenvalue weighted by molar-refractivity contribution is 6.75. The van der Waals surface area contributed by atoms with Crippen LogP contribution in [0, 0.1) is 17.8 Å². The molecule has 5 rings (SSSR count). The Labute approximate surface area is 625 Å². The van der Waals surface area contributed by atoms with Crippen molar-refractivity contribution in [2.75, 3.05) is 14.2 Å². The SMILES string of the molecule is COC(=O)[C@H]1[C@@H]2C[C@@H](O[C@@H]3O[C@H](C)[C@@H](O[Si](C)(C)C(C)(C)C)[C@H](N=[N+]=[N-])[C@@H]3O)/C=C/C=C/C=C/C=C/C=C/C=C/C=C/[C@H](C)[C@@H](O[Si](C)(C)C(C)(C)C)[C@@H](C)[C@H](C)OC(=O)C[C@H]3C[C@@H](CC[C@@H](O[Si](C)(C)C(C)(C)C)[C@H]4C[C@@H](C[C@](OC)(C[C@@H]1O[Si](C)(C)C(C)(C)C)O2)OC(C)(C)O4)OC(C)(C)O3. The Morgan fingerprint density at radius 3 is 1.53 bits per heavy atom. The number of aliphatic hydroxyl groups excluding tert-OH is 1. The molecule has 0 amide bonds. The largest absolute Gasteiger partial charge is 0.469 e. The summed E-state index contributed by atoms with van der Waals surface area (Å²) in [6, 6.07) is -1.08. The van der Waals surface area contributed by atoms with Crippen molar-refractivity contribution in [2.24, 2.45) is 22.9 Å². The molecule has 4 fully saturated rings. The van der Waals surface area contributed by atoms with Gasteiger partial charge in [0.2, 0.25) is 0 Å². The van der Waals surface area contributed by atoms with Crippen molar-refractivity contribution in [3.63, 3.8) is 0 Å².